The van der Waals surface area contributed by atoms with Gasteiger partial charge in [-0.3, -0.25) is 0 Å². The first kappa shape index (κ1) is 15.8. The van der Waals surface area contributed by atoms with Gasteiger partial charge in [0.2, 0.25) is 0 Å². The first-order valence-electron chi connectivity index (χ1n) is 6.58. The van der Waals surface area contributed by atoms with E-state index < -0.39 is 0 Å². The van der Waals surface area contributed by atoms with E-state index in [2.05, 4.69) is 15.9 Å². The highest BCUT2D eigenvalue weighted by Crippen LogP contribution is 2.31. The van der Waals surface area contributed by atoms with Crippen LogP contribution in [0.4, 0.5) is 10.1 Å². The van der Waals surface area contributed by atoms with Crippen LogP contribution in [0.3, 0.4) is 0 Å². The van der Waals surface area contributed by atoms with Crippen LogP contribution in [0.2, 0.25) is 0 Å². The summed E-state index contributed by atoms with van der Waals surface area (Å²) in [5.41, 5.74) is 7.70. The fraction of sp³-hybridized carbons (Fsp3) is 0.250. The molecule has 0 radical (unpaired) electrons. The third-order valence-electron chi connectivity index (χ3n) is 3.47. The molecule has 0 saturated heterocycles. The van der Waals surface area contributed by atoms with Gasteiger partial charge in [-0.1, -0.05) is 22.0 Å². The topological polar surface area (TPSA) is 38.5 Å². The summed E-state index contributed by atoms with van der Waals surface area (Å²) in [6.45, 7) is 0.371. The Morgan fingerprint density at radius 1 is 1.29 bits per heavy atom. The standard InChI is InChI=1S/C16H18BrFN2O/c1-20(12-4-3-5-13(9-12)21-2)16(10-19)14-8-11(18)6-7-15(14)17/h3-9,16H,10,19H2,1-2H3. The number of likely N-dealkylation sites (N-methyl/N-ethyl adjacent to an activating group) is 1. The van der Waals surface area contributed by atoms with Crippen LogP contribution in [0.5, 0.6) is 5.75 Å². The molecular weight excluding hydrogens is 335 g/mol. The molecule has 0 aliphatic rings. The molecule has 0 bridgehead atoms. The number of halogens is 2. The number of methoxy groups -OCH3 is 1. The lowest BCUT2D eigenvalue weighted by molar-refractivity contribution is 0.414. The summed E-state index contributed by atoms with van der Waals surface area (Å²) in [6, 6.07) is 12.2. The molecule has 112 valence electrons. The lowest BCUT2D eigenvalue weighted by atomic mass is 10.0. The smallest absolute Gasteiger partial charge is 0.123 e. The quantitative estimate of drug-likeness (QED) is 0.890. The van der Waals surface area contributed by atoms with Crippen LogP contribution >= 0.6 is 15.9 Å². The maximum atomic E-state index is 13.5. The Balaban J connectivity index is 2.37. The van der Waals surface area contributed by atoms with Crippen molar-refractivity contribution >= 4 is 21.6 Å². The van der Waals surface area contributed by atoms with Gasteiger partial charge in [-0.05, 0) is 35.9 Å². The van der Waals surface area contributed by atoms with Gasteiger partial charge >= 0.3 is 0 Å². The second-order valence-electron chi connectivity index (χ2n) is 4.73. The predicted octanol–water partition coefficient (Wildman–Crippen LogP) is 3.73. The Labute approximate surface area is 132 Å². The van der Waals surface area contributed by atoms with Crippen LogP contribution in [0, 0.1) is 5.82 Å². The van der Waals surface area contributed by atoms with E-state index in [1.807, 2.05) is 36.2 Å². The molecular formula is C16H18BrFN2O. The monoisotopic (exact) mass is 352 g/mol. The number of ether oxygens (including phenoxy) is 1. The molecule has 0 heterocycles. The predicted molar refractivity (Wildman–Crippen MR) is 87.3 cm³/mol. The van der Waals surface area contributed by atoms with Crippen LogP contribution in [0.15, 0.2) is 46.9 Å². The Kier molecular flexibility index (Phi) is 5.20. The number of anilines is 1. The first-order valence-corrected chi connectivity index (χ1v) is 7.38. The minimum Gasteiger partial charge on any atom is -0.497 e. The fourth-order valence-electron chi connectivity index (χ4n) is 2.27. The molecule has 0 aromatic heterocycles. The van der Waals surface area contributed by atoms with Gasteiger partial charge in [-0.15, -0.1) is 0 Å². The van der Waals surface area contributed by atoms with Gasteiger partial charge < -0.3 is 15.4 Å². The van der Waals surface area contributed by atoms with Crippen molar-refractivity contribution in [3.63, 3.8) is 0 Å². The van der Waals surface area contributed by atoms with E-state index in [9.17, 15) is 4.39 Å². The van der Waals surface area contributed by atoms with Crippen molar-refractivity contribution in [2.45, 2.75) is 6.04 Å². The maximum absolute atomic E-state index is 13.5. The number of nitrogens with zero attached hydrogens (tertiary/aromatic N) is 1. The van der Waals surface area contributed by atoms with Crippen LogP contribution in [-0.2, 0) is 0 Å². The zero-order chi connectivity index (χ0) is 15.4. The molecule has 2 N–H and O–H groups in total. The van der Waals surface area contributed by atoms with Crippen molar-refractivity contribution in [1.82, 2.24) is 0 Å². The van der Waals surface area contributed by atoms with E-state index in [0.717, 1.165) is 21.5 Å². The zero-order valence-electron chi connectivity index (χ0n) is 12.0. The average molecular weight is 353 g/mol. The van der Waals surface area contributed by atoms with Crippen molar-refractivity contribution in [3.05, 3.63) is 58.3 Å². The molecule has 0 fully saturated rings. The number of rotatable bonds is 5. The first-order chi connectivity index (χ1) is 10.1. The van der Waals surface area contributed by atoms with Gasteiger partial charge in [0.05, 0.1) is 13.2 Å². The summed E-state index contributed by atoms with van der Waals surface area (Å²) in [6.07, 6.45) is 0. The highest BCUT2D eigenvalue weighted by atomic mass is 79.9. The van der Waals surface area contributed by atoms with Gasteiger partial charge in [-0.25, -0.2) is 4.39 Å². The molecule has 5 heteroatoms. The molecule has 1 atom stereocenters. The molecule has 0 aliphatic heterocycles. The molecule has 0 amide bonds. The Morgan fingerprint density at radius 3 is 2.71 bits per heavy atom. The maximum Gasteiger partial charge on any atom is 0.123 e. The second-order valence-corrected chi connectivity index (χ2v) is 5.58. The van der Waals surface area contributed by atoms with Crippen molar-refractivity contribution in [3.8, 4) is 5.75 Å². The molecule has 2 aromatic carbocycles. The fourth-order valence-corrected chi connectivity index (χ4v) is 2.78. The summed E-state index contributed by atoms with van der Waals surface area (Å²) < 4.78 is 19.6. The van der Waals surface area contributed by atoms with Crippen molar-refractivity contribution in [2.24, 2.45) is 5.73 Å². The Hall–Kier alpha value is -1.59. The summed E-state index contributed by atoms with van der Waals surface area (Å²) in [5.74, 6) is 0.499. The third kappa shape index (κ3) is 3.54. The van der Waals surface area contributed by atoms with Crippen molar-refractivity contribution < 1.29 is 9.13 Å². The van der Waals surface area contributed by atoms with Gasteiger partial charge in [0.15, 0.2) is 0 Å². The highest BCUT2D eigenvalue weighted by Gasteiger charge is 2.19. The molecule has 2 aromatic rings. The van der Waals surface area contributed by atoms with Gasteiger partial charge in [0.25, 0.3) is 0 Å². The minimum atomic E-state index is -0.273. The summed E-state index contributed by atoms with van der Waals surface area (Å²) >= 11 is 3.47. The zero-order valence-corrected chi connectivity index (χ0v) is 13.6. The molecule has 21 heavy (non-hydrogen) atoms. The van der Waals surface area contributed by atoms with Gasteiger partial charge in [0, 0.05) is 29.8 Å². The highest BCUT2D eigenvalue weighted by molar-refractivity contribution is 9.10. The van der Waals surface area contributed by atoms with Crippen LogP contribution in [0.1, 0.15) is 11.6 Å². The van der Waals surface area contributed by atoms with E-state index >= 15 is 0 Å². The summed E-state index contributed by atoms with van der Waals surface area (Å²) in [4.78, 5) is 2.02. The molecule has 1 unspecified atom stereocenters. The summed E-state index contributed by atoms with van der Waals surface area (Å²) in [5, 5.41) is 0. The lowest BCUT2D eigenvalue weighted by Crippen LogP contribution is -2.30. The van der Waals surface area contributed by atoms with Crippen molar-refractivity contribution in [1.29, 1.82) is 0 Å². The van der Waals surface area contributed by atoms with Crippen LogP contribution in [-0.4, -0.2) is 20.7 Å². The minimum absolute atomic E-state index is 0.137. The van der Waals surface area contributed by atoms with E-state index in [1.54, 1.807) is 13.2 Å². The van der Waals surface area contributed by atoms with Crippen LogP contribution in [0.25, 0.3) is 0 Å². The number of hydrogen-bond donors (Lipinski definition) is 1. The number of hydrogen-bond acceptors (Lipinski definition) is 3. The molecule has 0 aliphatic carbocycles. The molecule has 2 rings (SSSR count). The van der Waals surface area contributed by atoms with Gasteiger partial charge in [-0.2, -0.15) is 0 Å². The van der Waals surface area contributed by atoms with Gasteiger partial charge in [0.1, 0.15) is 11.6 Å². The average Bonchev–Trinajstić information content (AvgIpc) is 2.51. The van der Waals surface area contributed by atoms with E-state index in [0.29, 0.717) is 6.54 Å². The second kappa shape index (κ2) is 6.91. The number of benzene rings is 2. The van der Waals surface area contributed by atoms with E-state index in [1.165, 1.54) is 12.1 Å². The summed E-state index contributed by atoms with van der Waals surface area (Å²) in [7, 11) is 3.56. The molecule has 3 nitrogen and oxygen atoms in total. The molecule has 0 spiro atoms. The molecule has 0 saturated carbocycles. The lowest BCUT2D eigenvalue weighted by Gasteiger charge is -2.30. The number of nitrogens with two attached hydrogens (primary N) is 1. The largest absolute Gasteiger partial charge is 0.497 e. The Morgan fingerprint density at radius 2 is 2.05 bits per heavy atom. The van der Waals surface area contributed by atoms with Crippen LogP contribution < -0.4 is 15.4 Å². The van der Waals surface area contributed by atoms with Crippen molar-refractivity contribution in [2.75, 3.05) is 25.6 Å². The van der Waals surface area contributed by atoms with E-state index in [-0.39, 0.29) is 11.9 Å². The Bertz CT molecular complexity index is 621. The third-order valence-corrected chi connectivity index (χ3v) is 4.19. The van der Waals surface area contributed by atoms with E-state index in [4.69, 9.17) is 10.5 Å². The SMILES string of the molecule is COc1cccc(N(C)C(CN)c2cc(F)ccc2Br)c1. The normalized spacial score (nSPS) is 12.0.